The van der Waals surface area contributed by atoms with Gasteiger partial charge in [-0.3, -0.25) is 4.90 Å². The molecule has 7 nitrogen and oxygen atoms in total. The van der Waals surface area contributed by atoms with Crippen molar-refractivity contribution in [3.63, 3.8) is 0 Å². The molecule has 0 unspecified atom stereocenters. The minimum Gasteiger partial charge on any atom is -0.494 e. The smallest absolute Gasteiger partial charge is 0.326 e. The number of hydrogen-bond acceptors (Lipinski definition) is 4. The Balaban J connectivity index is 2.25. The highest BCUT2D eigenvalue weighted by Gasteiger charge is 2.17. The van der Waals surface area contributed by atoms with Crippen molar-refractivity contribution in [2.45, 2.75) is 25.7 Å². The van der Waals surface area contributed by atoms with Gasteiger partial charge in [-0.05, 0) is 69.8 Å². The molecule has 0 heterocycles. The van der Waals surface area contributed by atoms with E-state index in [2.05, 4.69) is 10.0 Å². The molecular formula is C19H25N3O4S. The molecule has 0 fully saturated rings. The summed E-state index contributed by atoms with van der Waals surface area (Å²) in [6.45, 7) is 6.60. The van der Waals surface area contributed by atoms with Crippen molar-refractivity contribution >= 4 is 27.4 Å². The van der Waals surface area contributed by atoms with Crippen LogP contribution in [0.3, 0.4) is 0 Å². The van der Waals surface area contributed by atoms with Crippen molar-refractivity contribution in [3.05, 3.63) is 48.0 Å². The highest BCUT2D eigenvalue weighted by atomic mass is 32.2. The van der Waals surface area contributed by atoms with Gasteiger partial charge in [-0.25, -0.2) is 17.9 Å². The van der Waals surface area contributed by atoms with Crippen molar-refractivity contribution in [1.29, 1.82) is 0 Å². The SMILES string of the molecule is CCOc1ccc(N(CC)C(=O)Nc2cc(S(=O)(=O)NC)ccc2C)cc1. The lowest BCUT2D eigenvalue weighted by Gasteiger charge is -2.22. The van der Waals surface area contributed by atoms with Gasteiger partial charge in [0.15, 0.2) is 0 Å². The van der Waals surface area contributed by atoms with Crippen LogP contribution in [0.1, 0.15) is 19.4 Å². The van der Waals surface area contributed by atoms with Crippen LogP contribution in [0.5, 0.6) is 5.75 Å². The molecule has 8 heteroatoms. The Morgan fingerprint density at radius 3 is 2.33 bits per heavy atom. The van der Waals surface area contributed by atoms with Crippen LogP contribution >= 0.6 is 0 Å². The van der Waals surface area contributed by atoms with Gasteiger partial charge in [0.1, 0.15) is 5.75 Å². The number of amides is 2. The molecule has 2 N–H and O–H groups in total. The number of urea groups is 1. The molecule has 0 aliphatic heterocycles. The summed E-state index contributed by atoms with van der Waals surface area (Å²) in [6, 6.07) is 11.5. The van der Waals surface area contributed by atoms with Gasteiger partial charge in [0.25, 0.3) is 0 Å². The molecule has 2 rings (SSSR count). The molecule has 27 heavy (non-hydrogen) atoms. The third-order valence-corrected chi connectivity index (χ3v) is 5.46. The number of hydrogen-bond donors (Lipinski definition) is 2. The first-order valence-electron chi connectivity index (χ1n) is 8.68. The molecule has 0 bridgehead atoms. The Morgan fingerprint density at radius 1 is 1.11 bits per heavy atom. The summed E-state index contributed by atoms with van der Waals surface area (Å²) in [6.07, 6.45) is 0. The average Bonchev–Trinajstić information content (AvgIpc) is 2.65. The van der Waals surface area contributed by atoms with E-state index in [0.29, 0.717) is 18.8 Å². The number of rotatable bonds is 7. The van der Waals surface area contributed by atoms with E-state index in [-0.39, 0.29) is 10.9 Å². The molecule has 2 aromatic carbocycles. The largest absolute Gasteiger partial charge is 0.494 e. The lowest BCUT2D eigenvalue weighted by molar-refractivity contribution is 0.257. The molecule has 0 atom stereocenters. The number of benzene rings is 2. The van der Waals surface area contributed by atoms with Crippen LogP contribution in [0.4, 0.5) is 16.2 Å². The summed E-state index contributed by atoms with van der Waals surface area (Å²) in [5.41, 5.74) is 1.93. The van der Waals surface area contributed by atoms with Crippen LogP contribution in [-0.4, -0.2) is 34.6 Å². The topological polar surface area (TPSA) is 87.7 Å². The number of carbonyl (C=O) groups excluding carboxylic acids is 1. The lowest BCUT2D eigenvalue weighted by atomic mass is 10.2. The fraction of sp³-hybridized carbons (Fsp3) is 0.316. The van der Waals surface area contributed by atoms with Gasteiger partial charge in [-0.2, -0.15) is 0 Å². The average molecular weight is 391 g/mol. The number of anilines is 2. The zero-order valence-electron chi connectivity index (χ0n) is 15.9. The van der Waals surface area contributed by atoms with E-state index in [1.165, 1.54) is 19.2 Å². The van der Waals surface area contributed by atoms with E-state index in [4.69, 9.17) is 4.74 Å². The Hall–Kier alpha value is -2.58. The Bertz CT molecular complexity index is 896. The van der Waals surface area contributed by atoms with Crippen molar-refractivity contribution < 1.29 is 17.9 Å². The summed E-state index contributed by atoms with van der Waals surface area (Å²) in [7, 11) is -2.24. The van der Waals surface area contributed by atoms with E-state index in [1.807, 2.05) is 26.0 Å². The second kappa shape index (κ2) is 8.88. The molecule has 0 aliphatic carbocycles. The zero-order valence-corrected chi connectivity index (χ0v) is 16.8. The molecule has 146 valence electrons. The van der Waals surface area contributed by atoms with E-state index >= 15 is 0 Å². The van der Waals surface area contributed by atoms with Gasteiger partial charge in [0, 0.05) is 17.9 Å². The monoisotopic (exact) mass is 391 g/mol. The first kappa shape index (κ1) is 20.7. The van der Waals surface area contributed by atoms with Gasteiger partial charge < -0.3 is 10.1 Å². The third kappa shape index (κ3) is 4.99. The maximum Gasteiger partial charge on any atom is 0.326 e. The van der Waals surface area contributed by atoms with Gasteiger partial charge in [0.05, 0.1) is 11.5 Å². The number of ether oxygens (including phenoxy) is 1. The molecule has 0 spiro atoms. The first-order chi connectivity index (χ1) is 12.8. The normalized spacial score (nSPS) is 11.1. The van der Waals surface area contributed by atoms with Gasteiger partial charge in [-0.1, -0.05) is 6.07 Å². The third-order valence-electron chi connectivity index (χ3n) is 4.05. The summed E-state index contributed by atoms with van der Waals surface area (Å²) >= 11 is 0. The van der Waals surface area contributed by atoms with Gasteiger partial charge in [0.2, 0.25) is 10.0 Å². The second-order valence-electron chi connectivity index (χ2n) is 5.79. The lowest BCUT2D eigenvalue weighted by Crippen LogP contribution is -2.35. The number of nitrogens with zero attached hydrogens (tertiary/aromatic N) is 1. The molecule has 0 saturated carbocycles. The Labute approximate surface area is 160 Å². The number of sulfonamides is 1. The van der Waals surface area contributed by atoms with Gasteiger partial charge in [-0.15, -0.1) is 0 Å². The summed E-state index contributed by atoms with van der Waals surface area (Å²) in [5, 5.41) is 2.80. The molecule has 0 saturated heterocycles. The van der Waals surface area contributed by atoms with Crippen molar-refractivity contribution in [2.24, 2.45) is 0 Å². The van der Waals surface area contributed by atoms with E-state index in [1.54, 1.807) is 30.0 Å². The van der Waals surface area contributed by atoms with Crippen molar-refractivity contribution in [3.8, 4) is 5.75 Å². The van der Waals surface area contributed by atoms with E-state index in [9.17, 15) is 13.2 Å². The van der Waals surface area contributed by atoms with Crippen LogP contribution < -0.4 is 19.7 Å². The highest BCUT2D eigenvalue weighted by Crippen LogP contribution is 2.23. The predicted molar refractivity (Wildman–Crippen MR) is 107 cm³/mol. The predicted octanol–water partition coefficient (Wildman–Crippen LogP) is 3.36. The van der Waals surface area contributed by atoms with Crippen LogP contribution in [0.15, 0.2) is 47.4 Å². The molecule has 0 radical (unpaired) electrons. The fourth-order valence-electron chi connectivity index (χ4n) is 2.54. The van der Waals surface area contributed by atoms with E-state index < -0.39 is 10.0 Å². The standard InChI is InChI=1S/C19H25N3O4S/c1-5-22(15-8-10-16(11-9-15)26-6-2)19(23)21-18-13-17(12-7-14(18)3)27(24,25)20-4/h7-13,20H,5-6H2,1-4H3,(H,21,23). The highest BCUT2D eigenvalue weighted by molar-refractivity contribution is 7.89. The van der Waals surface area contributed by atoms with Crippen LogP contribution in [0.25, 0.3) is 0 Å². The Morgan fingerprint density at radius 2 is 1.78 bits per heavy atom. The van der Waals surface area contributed by atoms with Crippen molar-refractivity contribution in [1.82, 2.24) is 4.72 Å². The molecule has 0 aromatic heterocycles. The number of carbonyl (C=O) groups is 1. The summed E-state index contributed by atoms with van der Waals surface area (Å²) in [4.78, 5) is 14.4. The van der Waals surface area contributed by atoms with Crippen LogP contribution in [-0.2, 0) is 10.0 Å². The van der Waals surface area contributed by atoms with Gasteiger partial charge >= 0.3 is 6.03 Å². The molecule has 2 aromatic rings. The molecular weight excluding hydrogens is 366 g/mol. The maximum atomic E-state index is 12.8. The number of nitrogens with one attached hydrogen (secondary N) is 2. The van der Waals surface area contributed by atoms with Crippen LogP contribution in [0, 0.1) is 6.92 Å². The fourth-order valence-corrected chi connectivity index (χ4v) is 3.29. The summed E-state index contributed by atoms with van der Waals surface area (Å²) < 4.78 is 31.7. The molecule has 2 amide bonds. The molecule has 0 aliphatic rings. The second-order valence-corrected chi connectivity index (χ2v) is 7.67. The minimum absolute atomic E-state index is 0.0926. The quantitative estimate of drug-likeness (QED) is 0.758. The minimum atomic E-state index is -3.59. The first-order valence-corrected chi connectivity index (χ1v) is 10.2. The summed E-state index contributed by atoms with van der Waals surface area (Å²) in [5.74, 6) is 0.735. The van der Waals surface area contributed by atoms with Crippen molar-refractivity contribution in [2.75, 3.05) is 30.4 Å². The maximum absolute atomic E-state index is 12.8. The Kier molecular flexibility index (Phi) is 6.81. The zero-order chi connectivity index (χ0) is 20.0. The van der Waals surface area contributed by atoms with Crippen LogP contribution in [0.2, 0.25) is 0 Å². The number of aryl methyl sites for hydroxylation is 1. The van der Waals surface area contributed by atoms with E-state index in [0.717, 1.165) is 17.0 Å².